The molecule has 1 aliphatic rings. The van der Waals surface area contributed by atoms with Crippen molar-refractivity contribution in [2.75, 3.05) is 0 Å². The van der Waals surface area contributed by atoms with Crippen molar-refractivity contribution in [1.82, 2.24) is 0 Å². The van der Waals surface area contributed by atoms with Crippen molar-refractivity contribution in [3.05, 3.63) is 33.8 Å². The third-order valence-corrected chi connectivity index (χ3v) is 4.37. The lowest BCUT2D eigenvalue weighted by molar-refractivity contribution is 0.151. The standard InChI is InChI=1S/C14H19BrO/c1-3-10(4-2)12-6-5-11(9-13(12)15)14(16)7-8-14/h5-6,9-10,16H,3-4,7-8H2,1-2H3. The number of benzene rings is 1. The van der Waals surface area contributed by atoms with Gasteiger partial charge in [-0.05, 0) is 48.8 Å². The normalized spacial score (nSPS) is 17.8. The second-order valence-electron chi connectivity index (χ2n) is 4.78. The fourth-order valence-corrected chi connectivity index (χ4v) is 2.99. The van der Waals surface area contributed by atoms with Crippen molar-refractivity contribution in [2.45, 2.75) is 51.0 Å². The van der Waals surface area contributed by atoms with Gasteiger partial charge in [-0.25, -0.2) is 0 Å². The number of hydrogen-bond donors (Lipinski definition) is 1. The first-order chi connectivity index (χ1) is 7.60. The molecule has 0 amide bonds. The Morgan fingerprint density at radius 1 is 1.31 bits per heavy atom. The highest BCUT2D eigenvalue weighted by molar-refractivity contribution is 9.10. The van der Waals surface area contributed by atoms with E-state index in [9.17, 15) is 5.11 Å². The lowest BCUT2D eigenvalue weighted by Crippen LogP contribution is -2.05. The van der Waals surface area contributed by atoms with Gasteiger partial charge in [0.15, 0.2) is 0 Å². The van der Waals surface area contributed by atoms with Gasteiger partial charge in [0, 0.05) is 4.47 Å². The van der Waals surface area contributed by atoms with Crippen LogP contribution in [0.4, 0.5) is 0 Å². The van der Waals surface area contributed by atoms with E-state index in [4.69, 9.17) is 0 Å². The summed E-state index contributed by atoms with van der Waals surface area (Å²) in [5.74, 6) is 0.622. The highest BCUT2D eigenvalue weighted by Gasteiger charge is 2.42. The summed E-state index contributed by atoms with van der Waals surface area (Å²) in [5.41, 5.74) is 1.92. The second kappa shape index (κ2) is 4.50. The van der Waals surface area contributed by atoms with Crippen LogP contribution in [-0.4, -0.2) is 5.11 Å². The first kappa shape index (κ1) is 12.1. The minimum atomic E-state index is -0.519. The second-order valence-corrected chi connectivity index (χ2v) is 5.64. The molecule has 0 saturated heterocycles. The molecule has 1 fully saturated rings. The van der Waals surface area contributed by atoms with E-state index >= 15 is 0 Å². The van der Waals surface area contributed by atoms with Crippen LogP contribution in [0.25, 0.3) is 0 Å². The van der Waals surface area contributed by atoms with Gasteiger partial charge in [0.1, 0.15) is 0 Å². The predicted octanol–water partition coefficient (Wildman–Crippen LogP) is 4.33. The zero-order valence-electron chi connectivity index (χ0n) is 9.96. The summed E-state index contributed by atoms with van der Waals surface area (Å²) in [7, 11) is 0. The smallest absolute Gasteiger partial charge is 0.0899 e. The molecule has 0 radical (unpaired) electrons. The van der Waals surface area contributed by atoms with Gasteiger partial charge >= 0.3 is 0 Å². The minimum Gasteiger partial charge on any atom is -0.385 e. The number of hydrogen-bond acceptors (Lipinski definition) is 1. The molecule has 16 heavy (non-hydrogen) atoms. The molecule has 88 valence electrons. The van der Waals surface area contributed by atoms with Crippen LogP contribution in [0.15, 0.2) is 22.7 Å². The van der Waals surface area contributed by atoms with Crippen LogP contribution in [0.1, 0.15) is 56.6 Å². The van der Waals surface area contributed by atoms with Crippen molar-refractivity contribution in [2.24, 2.45) is 0 Å². The van der Waals surface area contributed by atoms with Gasteiger partial charge in [-0.2, -0.15) is 0 Å². The van der Waals surface area contributed by atoms with Crippen molar-refractivity contribution < 1.29 is 5.11 Å². The molecule has 0 heterocycles. The van der Waals surface area contributed by atoms with E-state index in [2.05, 4.69) is 48.0 Å². The van der Waals surface area contributed by atoms with E-state index in [1.807, 2.05) is 0 Å². The first-order valence-electron chi connectivity index (χ1n) is 6.13. The summed E-state index contributed by atoms with van der Waals surface area (Å²) in [5, 5.41) is 10.0. The fraction of sp³-hybridized carbons (Fsp3) is 0.571. The molecule has 0 aliphatic heterocycles. The molecule has 0 unspecified atom stereocenters. The summed E-state index contributed by atoms with van der Waals surface area (Å²) in [4.78, 5) is 0. The Kier molecular flexibility index (Phi) is 3.41. The summed E-state index contributed by atoms with van der Waals surface area (Å²) in [6.07, 6.45) is 4.14. The van der Waals surface area contributed by atoms with Crippen molar-refractivity contribution >= 4 is 15.9 Å². The molecule has 1 saturated carbocycles. The molecule has 1 N–H and O–H groups in total. The monoisotopic (exact) mass is 282 g/mol. The Hall–Kier alpha value is -0.340. The number of aliphatic hydroxyl groups is 1. The van der Waals surface area contributed by atoms with Crippen LogP contribution in [0.2, 0.25) is 0 Å². The largest absolute Gasteiger partial charge is 0.385 e. The van der Waals surface area contributed by atoms with Gasteiger partial charge in [-0.15, -0.1) is 0 Å². The van der Waals surface area contributed by atoms with Crippen LogP contribution in [0.5, 0.6) is 0 Å². The maximum atomic E-state index is 10.0. The highest BCUT2D eigenvalue weighted by atomic mass is 79.9. The zero-order chi connectivity index (χ0) is 11.8. The van der Waals surface area contributed by atoms with Crippen LogP contribution in [0, 0.1) is 0 Å². The molecule has 1 aliphatic carbocycles. The van der Waals surface area contributed by atoms with E-state index in [0.29, 0.717) is 5.92 Å². The highest BCUT2D eigenvalue weighted by Crippen LogP contribution is 2.46. The van der Waals surface area contributed by atoms with Crippen LogP contribution >= 0.6 is 15.9 Å². The van der Waals surface area contributed by atoms with Gasteiger partial charge in [0.25, 0.3) is 0 Å². The van der Waals surface area contributed by atoms with E-state index < -0.39 is 5.60 Å². The third kappa shape index (κ3) is 2.18. The Morgan fingerprint density at radius 2 is 1.94 bits per heavy atom. The van der Waals surface area contributed by atoms with Gasteiger partial charge in [0.05, 0.1) is 5.60 Å². The average Bonchev–Trinajstić information content (AvgIpc) is 3.02. The van der Waals surface area contributed by atoms with E-state index in [0.717, 1.165) is 22.9 Å². The minimum absolute atomic E-state index is 0.519. The van der Waals surface area contributed by atoms with E-state index in [-0.39, 0.29) is 0 Å². The van der Waals surface area contributed by atoms with E-state index in [1.165, 1.54) is 18.4 Å². The van der Waals surface area contributed by atoms with Crippen molar-refractivity contribution in [3.63, 3.8) is 0 Å². The van der Waals surface area contributed by atoms with Crippen molar-refractivity contribution in [1.29, 1.82) is 0 Å². The number of halogens is 1. The molecule has 1 aromatic rings. The Labute approximate surface area is 106 Å². The summed E-state index contributed by atoms with van der Waals surface area (Å²) < 4.78 is 1.15. The average molecular weight is 283 g/mol. The molecule has 1 aromatic carbocycles. The molecule has 0 atom stereocenters. The van der Waals surface area contributed by atoms with Crippen LogP contribution in [-0.2, 0) is 5.60 Å². The summed E-state index contributed by atoms with van der Waals surface area (Å²) >= 11 is 3.64. The third-order valence-electron chi connectivity index (χ3n) is 3.69. The topological polar surface area (TPSA) is 20.2 Å². The maximum Gasteiger partial charge on any atom is 0.0899 e. The van der Waals surface area contributed by atoms with Crippen LogP contribution < -0.4 is 0 Å². The quantitative estimate of drug-likeness (QED) is 0.871. The molecule has 2 rings (SSSR count). The Balaban J connectivity index is 2.29. The molecule has 2 heteroatoms. The molecule has 0 spiro atoms. The molecular weight excluding hydrogens is 264 g/mol. The van der Waals surface area contributed by atoms with E-state index in [1.54, 1.807) is 0 Å². The fourth-order valence-electron chi connectivity index (χ4n) is 2.28. The molecule has 0 bridgehead atoms. The summed E-state index contributed by atoms with van der Waals surface area (Å²) in [6.45, 7) is 4.45. The molecule has 0 aromatic heterocycles. The first-order valence-corrected chi connectivity index (χ1v) is 6.92. The van der Waals surface area contributed by atoms with Gasteiger partial charge in [-0.1, -0.05) is 41.9 Å². The van der Waals surface area contributed by atoms with Gasteiger partial charge in [0.2, 0.25) is 0 Å². The Bertz CT molecular complexity index is 378. The Morgan fingerprint density at radius 3 is 2.38 bits per heavy atom. The lowest BCUT2D eigenvalue weighted by atomic mass is 9.92. The van der Waals surface area contributed by atoms with Crippen LogP contribution in [0.3, 0.4) is 0 Å². The SMILES string of the molecule is CCC(CC)c1ccc(C2(O)CC2)cc1Br. The predicted molar refractivity (Wildman–Crippen MR) is 70.6 cm³/mol. The van der Waals surface area contributed by atoms with Gasteiger partial charge in [-0.3, -0.25) is 0 Å². The number of rotatable bonds is 4. The lowest BCUT2D eigenvalue weighted by Gasteiger charge is -2.17. The zero-order valence-corrected chi connectivity index (χ0v) is 11.5. The summed E-state index contributed by atoms with van der Waals surface area (Å²) in [6, 6.07) is 6.36. The molecular formula is C14H19BrO. The molecule has 1 nitrogen and oxygen atoms in total. The maximum absolute atomic E-state index is 10.0. The van der Waals surface area contributed by atoms with Crippen molar-refractivity contribution in [3.8, 4) is 0 Å². The van der Waals surface area contributed by atoms with Gasteiger partial charge < -0.3 is 5.11 Å².